The van der Waals surface area contributed by atoms with Crippen molar-refractivity contribution >= 4 is 5.97 Å². The number of rotatable bonds is 1. The second kappa shape index (κ2) is 2.38. The van der Waals surface area contributed by atoms with Gasteiger partial charge in [0.15, 0.2) is 0 Å². The van der Waals surface area contributed by atoms with E-state index in [1.165, 1.54) is 5.56 Å². The lowest BCUT2D eigenvalue weighted by Gasteiger charge is -2.12. The van der Waals surface area contributed by atoms with Gasteiger partial charge in [0.25, 0.3) is 0 Å². The lowest BCUT2D eigenvalue weighted by atomic mass is 9.94. The van der Waals surface area contributed by atoms with Crippen LogP contribution in [-0.4, -0.2) is 12.6 Å². The molecule has 2 nitrogen and oxygen atoms in total. The summed E-state index contributed by atoms with van der Waals surface area (Å²) in [6.45, 7) is 2.71. The topological polar surface area (TPSA) is 26.3 Å². The SMILES string of the molecule is C[C@@H]1C2C(=O)OC[C@]21c1ccccc1. The first kappa shape index (κ1) is 8.04. The van der Waals surface area contributed by atoms with Crippen molar-refractivity contribution in [2.75, 3.05) is 6.61 Å². The molecule has 2 heteroatoms. The smallest absolute Gasteiger partial charge is 0.310 e. The summed E-state index contributed by atoms with van der Waals surface area (Å²) < 4.78 is 5.10. The van der Waals surface area contributed by atoms with Crippen LogP contribution in [0.2, 0.25) is 0 Å². The molecule has 1 heterocycles. The minimum absolute atomic E-state index is 0.0122. The molecular formula is C12H12O2. The largest absolute Gasteiger partial charge is 0.464 e. The number of fused-ring (bicyclic) bond motifs is 1. The Hall–Kier alpha value is -1.31. The van der Waals surface area contributed by atoms with Crippen LogP contribution in [0.1, 0.15) is 12.5 Å². The number of carbonyl (C=O) groups excluding carboxylic acids is 1. The van der Waals surface area contributed by atoms with Gasteiger partial charge in [0, 0.05) is 5.41 Å². The van der Waals surface area contributed by atoms with E-state index in [1.807, 2.05) is 18.2 Å². The van der Waals surface area contributed by atoms with Gasteiger partial charge in [0.05, 0.1) is 5.92 Å². The predicted molar refractivity (Wildman–Crippen MR) is 51.7 cm³/mol. The van der Waals surface area contributed by atoms with Crippen molar-refractivity contribution in [2.24, 2.45) is 11.8 Å². The van der Waals surface area contributed by atoms with Gasteiger partial charge in [-0.2, -0.15) is 0 Å². The molecule has 2 aliphatic rings. The summed E-state index contributed by atoms with van der Waals surface area (Å²) in [6, 6.07) is 10.2. The maximum Gasteiger partial charge on any atom is 0.310 e. The molecule has 2 fully saturated rings. The van der Waals surface area contributed by atoms with Crippen molar-refractivity contribution in [2.45, 2.75) is 12.3 Å². The van der Waals surface area contributed by atoms with Crippen LogP contribution in [0.25, 0.3) is 0 Å². The highest BCUT2D eigenvalue weighted by Gasteiger charge is 2.71. The maximum atomic E-state index is 11.4. The Balaban J connectivity index is 2.05. The highest BCUT2D eigenvalue weighted by atomic mass is 16.5. The molecule has 1 saturated carbocycles. The molecule has 1 aliphatic heterocycles. The second-order valence-electron chi connectivity index (χ2n) is 4.28. The van der Waals surface area contributed by atoms with E-state index in [-0.39, 0.29) is 17.3 Å². The summed E-state index contributed by atoms with van der Waals surface area (Å²) in [7, 11) is 0. The van der Waals surface area contributed by atoms with Gasteiger partial charge in [-0.05, 0) is 11.5 Å². The van der Waals surface area contributed by atoms with E-state index in [9.17, 15) is 4.79 Å². The van der Waals surface area contributed by atoms with E-state index < -0.39 is 0 Å². The highest BCUT2D eigenvalue weighted by Crippen LogP contribution is 2.63. The zero-order chi connectivity index (χ0) is 9.76. The summed E-state index contributed by atoms with van der Waals surface area (Å²) in [6.07, 6.45) is 0. The van der Waals surface area contributed by atoms with Gasteiger partial charge in [-0.15, -0.1) is 0 Å². The summed E-state index contributed by atoms with van der Waals surface area (Å²) in [5.41, 5.74) is 1.27. The molecule has 72 valence electrons. The lowest BCUT2D eigenvalue weighted by Crippen LogP contribution is -2.13. The van der Waals surface area contributed by atoms with Gasteiger partial charge >= 0.3 is 5.97 Å². The summed E-state index contributed by atoms with van der Waals surface area (Å²) in [5, 5.41) is 0. The van der Waals surface area contributed by atoms with Gasteiger partial charge in [0.2, 0.25) is 0 Å². The van der Waals surface area contributed by atoms with Crippen LogP contribution in [0.5, 0.6) is 0 Å². The van der Waals surface area contributed by atoms with Crippen LogP contribution < -0.4 is 0 Å². The third-order valence-electron chi connectivity index (χ3n) is 3.78. The fourth-order valence-electron chi connectivity index (χ4n) is 2.82. The van der Waals surface area contributed by atoms with Crippen molar-refractivity contribution in [3.05, 3.63) is 35.9 Å². The molecule has 0 bridgehead atoms. The number of esters is 1. The first-order valence-electron chi connectivity index (χ1n) is 4.99. The number of hydrogen-bond acceptors (Lipinski definition) is 2. The molecule has 1 unspecified atom stereocenters. The fraction of sp³-hybridized carbons (Fsp3) is 0.417. The van der Waals surface area contributed by atoms with Crippen molar-refractivity contribution < 1.29 is 9.53 Å². The molecule has 3 atom stereocenters. The van der Waals surface area contributed by atoms with Gasteiger partial charge in [-0.3, -0.25) is 4.79 Å². The van der Waals surface area contributed by atoms with Crippen molar-refractivity contribution in [1.82, 2.24) is 0 Å². The summed E-state index contributed by atoms with van der Waals surface area (Å²) in [4.78, 5) is 11.4. The van der Waals surface area contributed by atoms with E-state index >= 15 is 0 Å². The van der Waals surface area contributed by atoms with E-state index in [1.54, 1.807) is 0 Å². The minimum Gasteiger partial charge on any atom is -0.464 e. The molecule has 1 aromatic rings. The van der Waals surface area contributed by atoms with E-state index in [4.69, 9.17) is 4.74 Å². The van der Waals surface area contributed by atoms with E-state index in [2.05, 4.69) is 19.1 Å². The van der Waals surface area contributed by atoms with Crippen LogP contribution in [-0.2, 0) is 14.9 Å². The van der Waals surface area contributed by atoms with Gasteiger partial charge in [-0.1, -0.05) is 37.3 Å². The number of carbonyl (C=O) groups is 1. The first-order valence-corrected chi connectivity index (χ1v) is 4.99. The van der Waals surface area contributed by atoms with Gasteiger partial charge in [-0.25, -0.2) is 0 Å². The molecular weight excluding hydrogens is 176 g/mol. The molecule has 1 aliphatic carbocycles. The third kappa shape index (κ3) is 0.746. The Morgan fingerprint density at radius 2 is 2.07 bits per heavy atom. The van der Waals surface area contributed by atoms with Crippen LogP contribution in [0.3, 0.4) is 0 Å². The molecule has 14 heavy (non-hydrogen) atoms. The number of ether oxygens (including phenoxy) is 1. The molecule has 3 rings (SSSR count). The lowest BCUT2D eigenvalue weighted by molar-refractivity contribution is -0.141. The normalized spacial score (nSPS) is 39.1. The standard InChI is InChI=1S/C12H12O2/c1-8-10-11(13)14-7-12(8,10)9-5-3-2-4-6-9/h2-6,8,10H,7H2,1H3/t8-,10?,12+/m1/s1. The predicted octanol–water partition coefficient (Wildman–Crippen LogP) is 1.75. The second-order valence-corrected chi connectivity index (χ2v) is 4.28. The van der Waals surface area contributed by atoms with E-state index in [0.717, 1.165) is 0 Å². The Bertz CT molecular complexity index is 385. The quantitative estimate of drug-likeness (QED) is 0.627. The Morgan fingerprint density at radius 1 is 1.36 bits per heavy atom. The Labute approximate surface area is 82.9 Å². The van der Waals surface area contributed by atoms with Crippen LogP contribution in [0.15, 0.2) is 30.3 Å². The van der Waals surface area contributed by atoms with Crippen LogP contribution >= 0.6 is 0 Å². The monoisotopic (exact) mass is 188 g/mol. The Morgan fingerprint density at radius 3 is 2.64 bits per heavy atom. The average Bonchev–Trinajstić information content (AvgIpc) is 2.65. The molecule has 1 aromatic carbocycles. The summed E-state index contributed by atoms with van der Waals surface area (Å²) >= 11 is 0. The third-order valence-corrected chi connectivity index (χ3v) is 3.78. The number of hydrogen-bond donors (Lipinski definition) is 0. The maximum absolute atomic E-state index is 11.4. The van der Waals surface area contributed by atoms with Crippen molar-refractivity contribution in [3.8, 4) is 0 Å². The Kier molecular flexibility index (Phi) is 1.37. The van der Waals surface area contributed by atoms with Gasteiger partial charge in [0.1, 0.15) is 6.61 Å². The molecule has 0 N–H and O–H groups in total. The zero-order valence-electron chi connectivity index (χ0n) is 8.07. The van der Waals surface area contributed by atoms with Crippen molar-refractivity contribution in [1.29, 1.82) is 0 Å². The van der Waals surface area contributed by atoms with E-state index in [0.29, 0.717) is 12.5 Å². The molecule has 0 aromatic heterocycles. The van der Waals surface area contributed by atoms with Crippen LogP contribution in [0, 0.1) is 11.8 Å². The zero-order valence-corrected chi connectivity index (χ0v) is 8.07. The minimum atomic E-state index is -0.0126. The molecule has 0 spiro atoms. The molecule has 1 saturated heterocycles. The molecule has 0 amide bonds. The highest BCUT2D eigenvalue weighted by molar-refractivity contribution is 5.83. The van der Waals surface area contributed by atoms with Gasteiger partial charge < -0.3 is 4.74 Å². The number of cyclic esters (lactones) is 1. The first-order chi connectivity index (χ1) is 6.77. The number of benzene rings is 1. The average molecular weight is 188 g/mol. The molecule has 0 radical (unpaired) electrons. The van der Waals surface area contributed by atoms with Crippen molar-refractivity contribution in [3.63, 3.8) is 0 Å². The summed E-state index contributed by atoms with van der Waals surface area (Å²) in [5.74, 6) is 0.553. The fourth-order valence-corrected chi connectivity index (χ4v) is 2.82. The van der Waals surface area contributed by atoms with Crippen LogP contribution in [0.4, 0.5) is 0 Å².